The SMILES string of the molecule is CCC(CC)NC(=O)Nc1ccc(Oc2ccc(NC(=O)c3ccc(-n4ccc(CN5CCC(O)CC5)c4)cc3)cc2)c(OC)c1. The van der Waals surface area contributed by atoms with Gasteiger partial charge in [-0.1, -0.05) is 13.8 Å². The van der Waals surface area contributed by atoms with Gasteiger partial charge in [-0.25, -0.2) is 4.79 Å². The smallest absolute Gasteiger partial charge is 0.319 e. The molecule has 242 valence electrons. The van der Waals surface area contributed by atoms with Gasteiger partial charge in [0, 0.05) is 66.8 Å². The van der Waals surface area contributed by atoms with E-state index in [1.807, 2.05) is 44.3 Å². The fourth-order valence-electron chi connectivity index (χ4n) is 5.43. The van der Waals surface area contributed by atoms with Crippen molar-refractivity contribution in [2.24, 2.45) is 0 Å². The Kier molecular flexibility index (Phi) is 11.0. The number of urea groups is 1. The third-order valence-corrected chi connectivity index (χ3v) is 8.23. The minimum absolute atomic E-state index is 0.120. The second kappa shape index (κ2) is 15.5. The number of nitrogens with zero attached hydrogens (tertiary/aromatic N) is 2. The van der Waals surface area contributed by atoms with Gasteiger partial charge in [-0.05, 0) is 98.0 Å². The standard InChI is InChI=1S/C36H43N5O5/c1-4-27(5-2)38-36(44)39-29-10-15-33(34(22-29)45-3)46-32-13-8-28(9-14-32)37-35(43)26-6-11-30(12-7-26)41-21-16-25(24-41)23-40-19-17-31(42)18-20-40/h6-16,21-22,24,27,31,42H,4-5,17-20,23H2,1-3H3,(H,37,43)(H2,38,39,44). The Labute approximate surface area is 270 Å². The van der Waals surface area contributed by atoms with Crippen LogP contribution < -0.4 is 25.4 Å². The summed E-state index contributed by atoms with van der Waals surface area (Å²) in [5.74, 6) is 1.32. The predicted octanol–water partition coefficient (Wildman–Crippen LogP) is 6.80. The van der Waals surface area contributed by atoms with Crippen LogP contribution in [0.25, 0.3) is 5.69 Å². The molecular formula is C36H43N5O5. The van der Waals surface area contributed by atoms with Gasteiger partial charge < -0.3 is 35.1 Å². The van der Waals surface area contributed by atoms with Gasteiger partial charge in [0.05, 0.1) is 13.2 Å². The Morgan fingerprint density at radius 2 is 1.59 bits per heavy atom. The zero-order valence-electron chi connectivity index (χ0n) is 26.7. The van der Waals surface area contributed by atoms with E-state index in [0.29, 0.717) is 34.2 Å². The maximum atomic E-state index is 12.9. The van der Waals surface area contributed by atoms with Crippen molar-refractivity contribution in [3.05, 3.63) is 96.3 Å². The molecule has 1 aliphatic rings. The molecule has 4 aromatic rings. The third kappa shape index (κ3) is 8.68. The summed E-state index contributed by atoms with van der Waals surface area (Å²) in [5, 5.41) is 18.5. The number of carbonyl (C=O) groups is 2. The number of aliphatic hydroxyl groups excluding tert-OH is 1. The van der Waals surface area contributed by atoms with Crippen LogP contribution in [0.5, 0.6) is 17.2 Å². The number of benzene rings is 3. The summed E-state index contributed by atoms with van der Waals surface area (Å²) in [5.41, 5.74) is 3.97. The van der Waals surface area contributed by atoms with Crippen LogP contribution in [0.15, 0.2) is 85.2 Å². The molecule has 0 saturated carbocycles. The number of likely N-dealkylation sites (tertiary alicyclic amines) is 1. The lowest BCUT2D eigenvalue weighted by atomic mass is 10.1. The summed E-state index contributed by atoms with van der Waals surface area (Å²) in [7, 11) is 1.54. The second-order valence-electron chi connectivity index (χ2n) is 11.5. The number of methoxy groups -OCH3 is 1. The van der Waals surface area contributed by atoms with Gasteiger partial charge in [-0.3, -0.25) is 9.69 Å². The molecule has 0 aliphatic carbocycles. The first-order chi connectivity index (χ1) is 22.3. The molecule has 0 radical (unpaired) electrons. The van der Waals surface area contributed by atoms with Gasteiger partial charge in [-0.2, -0.15) is 0 Å². The summed E-state index contributed by atoms with van der Waals surface area (Å²) in [4.78, 5) is 27.6. The molecule has 1 fully saturated rings. The zero-order chi connectivity index (χ0) is 32.5. The molecule has 3 aromatic carbocycles. The number of amides is 3. The summed E-state index contributed by atoms with van der Waals surface area (Å²) in [6, 6.07) is 21.7. The van der Waals surface area contributed by atoms with E-state index in [1.54, 1.807) is 49.6 Å². The van der Waals surface area contributed by atoms with Crippen LogP contribution in [-0.2, 0) is 6.54 Å². The molecule has 3 amide bonds. The molecule has 5 rings (SSSR count). The van der Waals surface area contributed by atoms with Gasteiger partial charge in [-0.15, -0.1) is 0 Å². The zero-order valence-corrected chi connectivity index (χ0v) is 26.7. The highest BCUT2D eigenvalue weighted by molar-refractivity contribution is 6.04. The Morgan fingerprint density at radius 3 is 2.26 bits per heavy atom. The van der Waals surface area contributed by atoms with Crippen LogP contribution in [0, 0.1) is 0 Å². The topological polar surface area (TPSA) is 117 Å². The molecule has 0 unspecified atom stereocenters. The number of ether oxygens (including phenoxy) is 2. The lowest BCUT2D eigenvalue weighted by Crippen LogP contribution is -2.37. The Bertz CT molecular complexity index is 1590. The number of piperidine rings is 1. The van der Waals surface area contributed by atoms with Crippen molar-refractivity contribution in [2.75, 3.05) is 30.8 Å². The molecule has 0 atom stereocenters. The van der Waals surface area contributed by atoms with E-state index in [4.69, 9.17) is 9.47 Å². The number of hydrogen-bond donors (Lipinski definition) is 4. The minimum atomic E-state index is -0.264. The van der Waals surface area contributed by atoms with Crippen molar-refractivity contribution < 1.29 is 24.2 Å². The van der Waals surface area contributed by atoms with Gasteiger partial charge in [0.25, 0.3) is 5.91 Å². The van der Waals surface area contributed by atoms with Crippen LogP contribution in [0.3, 0.4) is 0 Å². The first-order valence-electron chi connectivity index (χ1n) is 15.9. The molecule has 0 spiro atoms. The second-order valence-corrected chi connectivity index (χ2v) is 11.5. The van der Waals surface area contributed by atoms with Gasteiger partial charge in [0.1, 0.15) is 5.75 Å². The van der Waals surface area contributed by atoms with Crippen molar-refractivity contribution >= 4 is 23.3 Å². The van der Waals surface area contributed by atoms with E-state index in [2.05, 4.69) is 37.7 Å². The van der Waals surface area contributed by atoms with Gasteiger partial charge in [0.2, 0.25) is 0 Å². The Hall–Kier alpha value is -4.80. The molecule has 1 aliphatic heterocycles. The van der Waals surface area contributed by atoms with Gasteiger partial charge in [0.15, 0.2) is 11.5 Å². The van der Waals surface area contributed by atoms with Crippen LogP contribution in [-0.4, -0.2) is 58.9 Å². The third-order valence-electron chi connectivity index (χ3n) is 8.23. The number of aromatic nitrogens is 1. The maximum absolute atomic E-state index is 12.9. The van der Waals surface area contributed by atoms with Crippen molar-refractivity contribution in [3.63, 3.8) is 0 Å². The van der Waals surface area contributed by atoms with E-state index < -0.39 is 0 Å². The van der Waals surface area contributed by atoms with Crippen molar-refractivity contribution in [3.8, 4) is 22.9 Å². The van der Waals surface area contributed by atoms with Crippen molar-refractivity contribution in [2.45, 2.75) is 58.2 Å². The van der Waals surface area contributed by atoms with Crippen LogP contribution in [0.2, 0.25) is 0 Å². The van der Waals surface area contributed by atoms with E-state index >= 15 is 0 Å². The largest absolute Gasteiger partial charge is 0.493 e. The average Bonchev–Trinajstić information content (AvgIpc) is 3.54. The molecule has 46 heavy (non-hydrogen) atoms. The number of anilines is 2. The lowest BCUT2D eigenvalue weighted by Gasteiger charge is -2.29. The highest BCUT2D eigenvalue weighted by Crippen LogP contribution is 2.34. The highest BCUT2D eigenvalue weighted by Gasteiger charge is 2.17. The predicted molar refractivity (Wildman–Crippen MR) is 180 cm³/mol. The number of rotatable bonds is 12. The first kappa shape index (κ1) is 32.6. The summed E-state index contributed by atoms with van der Waals surface area (Å²) in [6.45, 7) is 6.75. The molecule has 1 aromatic heterocycles. The number of carbonyl (C=O) groups excluding carboxylic acids is 2. The number of hydrogen-bond acceptors (Lipinski definition) is 6. The lowest BCUT2D eigenvalue weighted by molar-refractivity contribution is 0.0792. The molecule has 10 nitrogen and oxygen atoms in total. The average molecular weight is 626 g/mol. The normalized spacial score (nSPS) is 13.8. The Balaban J connectivity index is 1.14. The molecule has 10 heteroatoms. The van der Waals surface area contributed by atoms with Crippen molar-refractivity contribution in [1.82, 2.24) is 14.8 Å². The van der Waals surface area contributed by atoms with Crippen LogP contribution in [0.1, 0.15) is 55.5 Å². The van der Waals surface area contributed by atoms with Crippen molar-refractivity contribution in [1.29, 1.82) is 0 Å². The quantitative estimate of drug-likeness (QED) is 0.138. The molecule has 0 bridgehead atoms. The fourth-order valence-corrected chi connectivity index (χ4v) is 5.43. The maximum Gasteiger partial charge on any atom is 0.319 e. The minimum Gasteiger partial charge on any atom is -0.493 e. The Morgan fingerprint density at radius 1 is 0.891 bits per heavy atom. The monoisotopic (exact) mass is 625 g/mol. The fraction of sp³-hybridized carbons (Fsp3) is 0.333. The van der Waals surface area contributed by atoms with E-state index in [-0.39, 0.29) is 24.1 Å². The highest BCUT2D eigenvalue weighted by atomic mass is 16.5. The summed E-state index contributed by atoms with van der Waals surface area (Å²) < 4.78 is 13.6. The molecule has 2 heterocycles. The molecule has 1 saturated heterocycles. The van der Waals surface area contributed by atoms with E-state index in [0.717, 1.165) is 51.0 Å². The van der Waals surface area contributed by atoms with E-state index in [9.17, 15) is 14.7 Å². The molecule has 4 N–H and O–H groups in total. The molecular weight excluding hydrogens is 582 g/mol. The van der Waals surface area contributed by atoms with Crippen LogP contribution in [0.4, 0.5) is 16.2 Å². The van der Waals surface area contributed by atoms with Gasteiger partial charge >= 0.3 is 6.03 Å². The first-order valence-corrected chi connectivity index (χ1v) is 15.9. The summed E-state index contributed by atoms with van der Waals surface area (Å²) in [6.07, 6.45) is 7.34. The summed E-state index contributed by atoms with van der Waals surface area (Å²) >= 11 is 0. The van der Waals surface area contributed by atoms with Crippen LogP contribution >= 0.6 is 0 Å². The number of nitrogens with one attached hydrogen (secondary N) is 3. The number of aliphatic hydroxyl groups is 1. The van der Waals surface area contributed by atoms with E-state index in [1.165, 1.54) is 5.56 Å².